The molecule has 1 aliphatic rings. The van der Waals surface area contributed by atoms with Crippen LogP contribution < -0.4 is 14.8 Å². The third-order valence-electron chi connectivity index (χ3n) is 4.89. The Kier molecular flexibility index (Phi) is 7.23. The van der Waals surface area contributed by atoms with Crippen molar-refractivity contribution in [1.82, 2.24) is 4.31 Å². The number of piperidine rings is 1. The van der Waals surface area contributed by atoms with E-state index in [4.69, 9.17) is 21.1 Å². The lowest BCUT2D eigenvalue weighted by molar-refractivity contribution is -0.118. The molecular weight excluding hydrogens is 428 g/mol. The summed E-state index contributed by atoms with van der Waals surface area (Å²) in [6, 6.07) is 9.57. The second kappa shape index (κ2) is 9.68. The van der Waals surface area contributed by atoms with Gasteiger partial charge in [-0.3, -0.25) is 4.79 Å². The van der Waals surface area contributed by atoms with Gasteiger partial charge < -0.3 is 14.8 Å². The molecule has 7 nitrogen and oxygen atoms in total. The molecule has 0 saturated carbocycles. The van der Waals surface area contributed by atoms with Crippen molar-refractivity contribution in [3.05, 3.63) is 47.0 Å². The largest absolute Gasteiger partial charge is 0.495 e. The van der Waals surface area contributed by atoms with Crippen molar-refractivity contribution < 1.29 is 22.7 Å². The molecule has 162 valence electrons. The van der Waals surface area contributed by atoms with Crippen LogP contribution in [0.5, 0.6) is 11.5 Å². The van der Waals surface area contributed by atoms with Crippen LogP contribution in [-0.2, 0) is 14.8 Å². The molecule has 3 rings (SSSR count). The van der Waals surface area contributed by atoms with Crippen LogP contribution in [0.2, 0.25) is 5.02 Å². The number of sulfonamides is 1. The molecule has 0 spiro atoms. The maximum Gasteiger partial charge on any atom is 0.262 e. The lowest BCUT2D eigenvalue weighted by Crippen LogP contribution is -2.35. The number of amides is 1. The molecule has 1 aliphatic heterocycles. The summed E-state index contributed by atoms with van der Waals surface area (Å²) in [5.74, 6) is 0.474. The van der Waals surface area contributed by atoms with Crippen molar-refractivity contribution in [2.75, 3.05) is 32.1 Å². The number of hydrogen-bond donors (Lipinski definition) is 1. The minimum absolute atomic E-state index is 0.120. The average Bonchev–Trinajstić information content (AvgIpc) is 2.73. The molecule has 1 amide bonds. The van der Waals surface area contributed by atoms with E-state index in [1.54, 1.807) is 18.2 Å². The second-order valence-corrected chi connectivity index (χ2v) is 9.45. The van der Waals surface area contributed by atoms with Crippen LogP contribution in [0.3, 0.4) is 0 Å². The van der Waals surface area contributed by atoms with E-state index in [1.807, 2.05) is 6.92 Å². The normalized spacial score (nSPS) is 14.9. The average molecular weight is 453 g/mol. The SMILES string of the molecule is COc1ccc(S(=O)(=O)N2CCCCC2)cc1NC(=O)COc1ccc(Cl)cc1C. The highest BCUT2D eigenvalue weighted by molar-refractivity contribution is 7.89. The highest BCUT2D eigenvalue weighted by Crippen LogP contribution is 2.30. The quantitative estimate of drug-likeness (QED) is 0.689. The number of anilines is 1. The Morgan fingerprint density at radius 2 is 1.80 bits per heavy atom. The lowest BCUT2D eigenvalue weighted by Gasteiger charge is -2.26. The zero-order chi connectivity index (χ0) is 21.7. The first-order valence-electron chi connectivity index (χ1n) is 9.68. The number of benzene rings is 2. The predicted molar refractivity (Wildman–Crippen MR) is 116 cm³/mol. The van der Waals surface area contributed by atoms with Crippen molar-refractivity contribution >= 4 is 33.2 Å². The van der Waals surface area contributed by atoms with Crippen LogP contribution in [0.15, 0.2) is 41.3 Å². The van der Waals surface area contributed by atoms with Gasteiger partial charge in [0, 0.05) is 18.1 Å². The maximum absolute atomic E-state index is 12.9. The fourth-order valence-electron chi connectivity index (χ4n) is 3.30. The fraction of sp³-hybridized carbons (Fsp3) is 0.381. The molecule has 0 bridgehead atoms. The molecule has 1 saturated heterocycles. The molecular formula is C21H25ClN2O5S. The number of halogens is 1. The number of carbonyl (C=O) groups is 1. The van der Waals surface area contributed by atoms with Gasteiger partial charge in [0.15, 0.2) is 6.61 Å². The van der Waals surface area contributed by atoms with Crippen LogP contribution >= 0.6 is 11.6 Å². The Labute approximate surface area is 182 Å². The number of hydrogen-bond acceptors (Lipinski definition) is 5. The molecule has 9 heteroatoms. The summed E-state index contributed by atoms with van der Waals surface area (Å²) >= 11 is 5.93. The van der Waals surface area contributed by atoms with E-state index in [0.717, 1.165) is 24.8 Å². The molecule has 1 heterocycles. The number of rotatable bonds is 7. The topological polar surface area (TPSA) is 84.9 Å². The molecule has 0 aliphatic carbocycles. The van der Waals surface area contributed by atoms with E-state index in [-0.39, 0.29) is 17.2 Å². The monoisotopic (exact) mass is 452 g/mol. The van der Waals surface area contributed by atoms with Crippen LogP contribution in [0.25, 0.3) is 0 Å². The molecule has 30 heavy (non-hydrogen) atoms. The Bertz CT molecular complexity index is 1020. The van der Waals surface area contributed by atoms with Gasteiger partial charge in [-0.15, -0.1) is 0 Å². The van der Waals surface area contributed by atoms with Gasteiger partial charge in [0.1, 0.15) is 11.5 Å². The van der Waals surface area contributed by atoms with Crippen LogP contribution in [0.4, 0.5) is 5.69 Å². The summed E-state index contributed by atoms with van der Waals surface area (Å²) in [5, 5.41) is 3.26. The standard InChI is InChI=1S/C21H25ClN2O5S/c1-15-12-16(22)6-8-19(15)29-14-21(25)23-18-13-17(7-9-20(18)28-2)30(26,27)24-10-4-3-5-11-24/h6-9,12-13H,3-5,10-11,14H2,1-2H3,(H,23,25). The van der Waals surface area contributed by atoms with Gasteiger partial charge in [-0.1, -0.05) is 18.0 Å². The van der Waals surface area contributed by atoms with Gasteiger partial charge in [-0.05, 0) is 61.7 Å². The molecule has 0 aromatic heterocycles. The number of aryl methyl sites for hydroxylation is 1. The third kappa shape index (κ3) is 5.24. The van der Waals surface area contributed by atoms with Crippen molar-refractivity contribution in [2.24, 2.45) is 0 Å². The van der Waals surface area contributed by atoms with Crippen molar-refractivity contribution in [1.29, 1.82) is 0 Å². The Hall–Kier alpha value is -2.29. The maximum atomic E-state index is 12.9. The Morgan fingerprint density at radius 3 is 2.47 bits per heavy atom. The van der Waals surface area contributed by atoms with E-state index >= 15 is 0 Å². The van der Waals surface area contributed by atoms with Gasteiger partial charge in [0.2, 0.25) is 10.0 Å². The highest BCUT2D eigenvalue weighted by Gasteiger charge is 2.27. The number of nitrogens with zero attached hydrogens (tertiary/aromatic N) is 1. The lowest BCUT2D eigenvalue weighted by atomic mass is 10.2. The summed E-state index contributed by atoms with van der Waals surface area (Å²) < 4.78 is 38.2. The van der Waals surface area contributed by atoms with Crippen molar-refractivity contribution in [3.63, 3.8) is 0 Å². The molecule has 2 aromatic carbocycles. The van der Waals surface area contributed by atoms with Crippen molar-refractivity contribution in [2.45, 2.75) is 31.1 Å². The highest BCUT2D eigenvalue weighted by atomic mass is 35.5. The van der Waals surface area contributed by atoms with Crippen LogP contribution in [0, 0.1) is 6.92 Å². The van der Waals surface area contributed by atoms with E-state index < -0.39 is 15.9 Å². The molecule has 0 atom stereocenters. The van der Waals surface area contributed by atoms with Gasteiger partial charge >= 0.3 is 0 Å². The first kappa shape index (κ1) is 22.4. The number of methoxy groups -OCH3 is 1. The van der Waals surface area contributed by atoms with Gasteiger partial charge in [0.05, 0.1) is 17.7 Å². The summed E-state index contributed by atoms with van der Waals surface area (Å²) in [7, 11) is -2.17. The molecule has 0 unspecified atom stereocenters. The Morgan fingerprint density at radius 1 is 1.10 bits per heavy atom. The van der Waals surface area contributed by atoms with Crippen LogP contribution in [-0.4, -0.2) is 45.4 Å². The van der Waals surface area contributed by atoms with E-state index in [9.17, 15) is 13.2 Å². The third-order valence-corrected chi connectivity index (χ3v) is 7.02. The zero-order valence-corrected chi connectivity index (χ0v) is 18.6. The fourth-order valence-corrected chi connectivity index (χ4v) is 5.07. The zero-order valence-electron chi connectivity index (χ0n) is 17.0. The second-order valence-electron chi connectivity index (χ2n) is 7.07. The first-order valence-corrected chi connectivity index (χ1v) is 11.5. The van der Waals surface area contributed by atoms with E-state index in [2.05, 4.69) is 5.32 Å². The number of ether oxygens (including phenoxy) is 2. The summed E-state index contributed by atoms with van der Waals surface area (Å²) in [6.45, 7) is 2.60. The van der Waals surface area contributed by atoms with Gasteiger partial charge in [-0.2, -0.15) is 4.31 Å². The predicted octanol–water partition coefficient (Wildman–Crippen LogP) is 3.85. The smallest absolute Gasteiger partial charge is 0.262 e. The first-order chi connectivity index (χ1) is 14.3. The molecule has 0 radical (unpaired) electrons. The van der Waals surface area contributed by atoms with Crippen LogP contribution in [0.1, 0.15) is 24.8 Å². The van der Waals surface area contributed by atoms with Crippen molar-refractivity contribution in [3.8, 4) is 11.5 Å². The molecule has 1 N–H and O–H groups in total. The molecule has 2 aromatic rings. The Balaban J connectivity index is 1.74. The summed E-state index contributed by atoms with van der Waals surface area (Å²) in [4.78, 5) is 12.5. The minimum atomic E-state index is -3.63. The molecule has 1 fully saturated rings. The number of carbonyl (C=O) groups excluding carboxylic acids is 1. The van der Waals surface area contributed by atoms with Gasteiger partial charge in [0.25, 0.3) is 5.91 Å². The van der Waals surface area contributed by atoms with Gasteiger partial charge in [-0.25, -0.2) is 8.42 Å². The summed E-state index contributed by atoms with van der Waals surface area (Å²) in [5.41, 5.74) is 1.08. The van der Waals surface area contributed by atoms with E-state index in [1.165, 1.54) is 29.6 Å². The number of nitrogens with one attached hydrogen (secondary N) is 1. The van der Waals surface area contributed by atoms with E-state index in [0.29, 0.717) is 29.6 Å². The summed E-state index contributed by atoms with van der Waals surface area (Å²) in [6.07, 6.45) is 2.73. The minimum Gasteiger partial charge on any atom is -0.495 e.